The molecule has 0 amide bonds. The van der Waals surface area contributed by atoms with Gasteiger partial charge in [0, 0.05) is 17.0 Å². The summed E-state index contributed by atoms with van der Waals surface area (Å²) in [5.41, 5.74) is 1.33. The van der Waals surface area contributed by atoms with Crippen LogP contribution >= 0.6 is 15.9 Å². The standard InChI is InChI=1S/C11H12BrFO3/c1-15-10-4-8(13)3-7(6-12)9(10)5-11(14)16-2/h3-4H,5-6H2,1-2H3. The van der Waals surface area contributed by atoms with Crippen LogP contribution in [0.15, 0.2) is 12.1 Å². The lowest BCUT2D eigenvalue weighted by atomic mass is 10.0. The molecule has 0 bridgehead atoms. The van der Waals surface area contributed by atoms with Crippen LogP contribution in [0.3, 0.4) is 0 Å². The second-order valence-electron chi connectivity index (χ2n) is 3.13. The minimum atomic E-state index is -0.389. The van der Waals surface area contributed by atoms with E-state index in [1.807, 2.05) is 0 Å². The van der Waals surface area contributed by atoms with Crippen LogP contribution in [0.4, 0.5) is 4.39 Å². The molecule has 0 fully saturated rings. The summed E-state index contributed by atoms with van der Waals surface area (Å²) >= 11 is 3.24. The van der Waals surface area contributed by atoms with Gasteiger partial charge in [-0.3, -0.25) is 4.79 Å². The van der Waals surface area contributed by atoms with Crippen molar-refractivity contribution in [3.8, 4) is 5.75 Å². The van der Waals surface area contributed by atoms with Gasteiger partial charge < -0.3 is 9.47 Å². The average Bonchev–Trinajstić information content (AvgIpc) is 2.30. The summed E-state index contributed by atoms with van der Waals surface area (Å²) in [4.78, 5) is 11.2. The maximum Gasteiger partial charge on any atom is 0.310 e. The number of ether oxygens (including phenoxy) is 2. The molecule has 0 radical (unpaired) electrons. The third-order valence-corrected chi connectivity index (χ3v) is 2.78. The molecule has 0 unspecified atom stereocenters. The summed E-state index contributed by atoms with van der Waals surface area (Å²) in [6, 6.07) is 2.62. The topological polar surface area (TPSA) is 35.5 Å². The Bertz CT molecular complexity index is 368. The first-order valence-electron chi connectivity index (χ1n) is 4.60. The summed E-state index contributed by atoms with van der Waals surface area (Å²) in [5, 5.41) is 0.452. The zero-order chi connectivity index (χ0) is 12.1. The average molecular weight is 291 g/mol. The first-order valence-corrected chi connectivity index (χ1v) is 5.72. The highest BCUT2D eigenvalue weighted by atomic mass is 79.9. The predicted molar refractivity (Wildman–Crippen MR) is 61.3 cm³/mol. The summed E-state index contributed by atoms with van der Waals surface area (Å²) in [6.45, 7) is 0. The first-order chi connectivity index (χ1) is 7.62. The highest BCUT2D eigenvalue weighted by molar-refractivity contribution is 9.08. The van der Waals surface area contributed by atoms with Crippen LogP contribution in [-0.2, 0) is 21.3 Å². The molecule has 1 aromatic carbocycles. The van der Waals surface area contributed by atoms with E-state index in [0.717, 1.165) is 0 Å². The Hall–Kier alpha value is -1.10. The SMILES string of the molecule is COC(=O)Cc1c(CBr)cc(F)cc1OC. The first kappa shape index (κ1) is 13.0. The fourth-order valence-electron chi connectivity index (χ4n) is 1.38. The molecule has 0 aliphatic rings. The highest BCUT2D eigenvalue weighted by Crippen LogP contribution is 2.26. The van der Waals surface area contributed by atoms with E-state index in [2.05, 4.69) is 20.7 Å². The van der Waals surface area contributed by atoms with E-state index in [9.17, 15) is 9.18 Å². The minimum absolute atomic E-state index is 0.0703. The quantitative estimate of drug-likeness (QED) is 0.631. The number of hydrogen-bond donors (Lipinski definition) is 0. The molecule has 0 aromatic heterocycles. The van der Waals surface area contributed by atoms with Gasteiger partial charge >= 0.3 is 5.97 Å². The highest BCUT2D eigenvalue weighted by Gasteiger charge is 2.15. The Morgan fingerprint density at radius 2 is 2.12 bits per heavy atom. The molecule has 0 atom stereocenters. The fourth-order valence-corrected chi connectivity index (χ4v) is 1.88. The normalized spacial score (nSPS) is 10.0. The van der Waals surface area contributed by atoms with Gasteiger partial charge in [0.15, 0.2) is 0 Å². The summed E-state index contributed by atoms with van der Waals surface area (Å²) in [5.74, 6) is -0.410. The third-order valence-electron chi connectivity index (χ3n) is 2.18. The van der Waals surface area contributed by atoms with Crippen LogP contribution in [0.5, 0.6) is 5.75 Å². The largest absolute Gasteiger partial charge is 0.496 e. The van der Waals surface area contributed by atoms with Gasteiger partial charge in [0.05, 0.1) is 20.6 Å². The van der Waals surface area contributed by atoms with Crippen molar-refractivity contribution in [2.45, 2.75) is 11.8 Å². The van der Waals surface area contributed by atoms with Gasteiger partial charge in [-0.1, -0.05) is 15.9 Å². The summed E-state index contributed by atoms with van der Waals surface area (Å²) in [6.07, 6.45) is 0.0703. The Morgan fingerprint density at radius 1 is 1.44 bits per heavy atom. The van der Waals surface area contributed by atoms with Crippen molar-refractivity contribution in [2.24, 2.45) is 0 Å². The van der Waals surface area contributed by atoms with Gasteiger partial charge in [0.2, 0.25) is 0 Å². The van der Waals surface area contributed by atoms with Crippen molar-refractivity contribution in [3.63, 3.8) is 0 Å². The molecule has 1 aromatic rings. The molecular weight excluding hydrogens is 279 g/mol. The van der Waals surface area contributed by atoms with Gasteiger partial charge in [-0.15, -0.1) is 0 Å². The van der Waals surface area contributed by atoms with Crippen LogP contribution in [0.25, 0.3) is 0 Å². The number of rotatable bonds is 4. The fraction of sp³-hybridized carbons (Fsp3) is 0.364. The Labute approximate surface area is 102 Å². The summed E-state index contributed by atoms with van der Waals surface area (Å²) < 4.78 is 22.8. The monoisotopic (exact) mass is 290 g/mol. The van der Waals surface area contributed by atoms with Gasteiger partial charge in [-0.05, 0) is 11.6 Å². The molecule has 16 heavy (non-hydrogen) atoms. The van der Waals surface area contributed by atoms with E-state index >= 15 is 0 Å². The number of carbonyl (C=O) groups is 1. The van der Waals surface area contributed by atoms with Gasteiger partial charge in [0.1, 0.15) is 11.6 Å². The van der Waals surface area contributed by atoms with E-state index in [-0.39, 0.29) is 18.2 Å². The van der Waals surface area contributed by atoms with Crippen LogP contribution in [0.1, 0.15) is 11.1 Å². The van der Waals surface area contributed by atoms with Crippen molar-refractivity contribution >= 4 is 21.9 Å². The van der Waals surface area contributed by atoms with E-state index in [1.54, 1.807) is 0 Å². The van der Waals surface area contributed by atoms with Crippen molar-refractivity contribution in [2.75, 3.05) is 14.2 Å². The Kier molecular flexibility index (Phi) is 4.73. The number of alkyl halides is 1. The van der Waals surface area contributed by atoms with E-state index in [4.69, 9.17) is 4.74 Å². The Morgan fingerprint density at radius 3 is 2.62 bits per heavy atom. The van der Waals surface area contributed by atoms with Gasteiger partial charge in [0.25, 0.3) is 0 Å². The van der Waals surface area contributed by atoms with Crippen LogP contribution < -0.4 is 4.74 Å². The molecular formula is C11H12BrFO3. The molecule has 0 spiro atoms. The zero-order valence-corrected chi connectivity index (χ0v) is 10.6. The van der Waals surface area contributed by atoms with Crippen molar-refractivity contribution in [3.05, 3.63) is 29.1 Å². The van der Waals surface area contributed by atoms with Crippen molar-refractivity contribution in [1.29, 1.82) is 0 Å². The number of benzene rings is 1. The van der Waals surface area contributed by atoms with Gasteiger partial charge in [-0.25, -0.2) is 4.39 Å². The van der Waals surface area contributed by atoms with E-state index in [1.165, 1.54) is 26.4 Å². The maximum atomic E-state index is 13.2. The predicted octanol–water partition coefficient (Wildman–Crippen LogP) is 2.44. The molecule has 1 rings (SSSR count). The molecule has 0 saturated carbocycles. The second-order valence-corrected chi connectivity index (χ2v) is 3.69. The molecule has 0 aliphatic carbocycles. The van der Waals surface area contributed by atoms with Crippen molar-refractivity contribution in [1.82, 2.24) is 0 Å². The zero-order valence-electron chi connectivity index (χ0n) is 9.05. The number of halogens is 2. The number of carbonyl (C=O) groups excluding carboxylic acids is 1. The van der Waals surface area contributed by atoms with Gasteiger partial charge in [-0.2, -0.15) is 0 Å². The van der Waals surface area contributed by atoms with Crippen LogP contribution in [0, 0.1) is 5.82 Å². The Balaban J connectivity index is 3.16. The second kappa shape index (κ2) is 5.84. The molecule has 88 valence electrons. The molecule has 0 N–H and O–H groups in total. The number of hydrogen-bond acceptors (Lipinski definition) is 3. The van der Waals surface area contributed by atoms with E-state index < -0.39 is 0 Å². The van der Waals surface area contributed by atoms with E-state index in [0.29, 0.717) is 22.2 Å². The van der Waals surface area contributed by atoms with Crippen LogP contribution in [0.2, 0.25) is 0 Å². The molecule has 5 heteroatoms. The van der Waals surface area contributed by atoms with Crippen LogP contribution in [-0.4, -0.2) is 20.2 Å². The maximum absolute atomic E-state index is 13.2. The molecule has 0 heterocycles. The molecule has 0 aliphatic heterocycles. The summed E-state index contributed by atoms with van der Waals surface area (Å²) in [7, 11) is 2.75. The lowest BCUT2D eigenvalue weighted by Gasteiger charge is -2.12. The lowest BCUT2D eigenvalue weighted by molar-refractivity contribution is -0.139. The molecule has 3 nitrogen and oxygen atoms in total. The third kappa shape index (κ3) is 2.95. The number of methoxy groups -OCH3 is 2. The van der Waals surface area contributed by atoms with Crippen molar-refractivity contribution < 1.29 is 18.7 Å². The smallest absolute Gasteiger partial charge is 0.310 e. The lowest BCUT2D eigenvalue weighted by Crippen LogP contribution is -2.08. The molecule has 0 saturated heterocycles. The number of esters is 1. The minimum Gasteiger partial charge on any atom is -0.496 e.